The first-order valence-corrected chi connectivity index (χ1v) is 9.19. The van der Waals surface area contributed by atoms with Gasteiger partial charge in [0, 0.05) is 28.1 Å². The van der Waals surface area contributed by atoms with E-state index in [0.29, 0.717) is 12.1 Å². The van der Waals surface area contributed by atoms with Crippen LogP contribution in [0.1, 0.15) is 53.7 Å². The number of rotatable bonds is 0. The maximum atomic E-state index is 2.67. The summed E-state index contributed by atoms with van der Waals surface area (Å²) >= 11 is 2.06. The summed E-state index contributed by atoms with van der Waals surface area (Å²) in [6, 6.07) is 0. The van der Waals surface area contributed by atoms with Gasteiger partial charge in [0.1, 0.15) is 6.17 Å². The lowest BCUT2D eigenvalue weighted by Crippen LogP contribution is -2.26. The molecule has 1 aromatic heterocycles. The van der Waals surface area contributed by atoms with Gasteiger partial charge in [-0.05, 0) is 49.3 Å². The topological polar surface area (TPSA) is 6.48 Å². The predicted molar refractivity (Wildman–Crippen MR) is 92.3 cm³/mol. The van der Waals surface area contributed by atoms with E-state index in [-0.39, 0.29) is 0 Å². The van der Waals surface area contributed by atoms with E-state index in [1.165, 1.54) is 30.5 Å². The fourth-order valence-corrected chi connectivity index (χ4v) is 6.11. The van der Waals surface area contributed by atoms with Crippen LogP contribution < -0.4 is 0 Å². The Morgan fingerprint density at radius 1 is 1.32 bits per heavy atom. The minimum Gasteiger partial charge on any atom is -0.349 e. The van der Waals surface area contributed by atoms with E-state index in [1.54, 1.807) is 26.6 Å². The van der Waals surface area contributed by atoms with Crippen LogP contribution in [0.5, 0.6) is 0 Å². The number of likely N-dealkylation sites (N-methyl/N-ethyl adjacent to an activating group) is 1. The van der Waals surface area contributed by atoms with E-state index in [1.807, 2.05) is 0 Å². The SMILES string of the molecule is CC1=CC(C)Cc2c1sc1c2C2N(C)C3=C(CCC=C3)N2C1. The molecule has 0 amide bonds. The molecule has 0 bridgehead atoms. The highest BCUT2D eigenvalue weighted by atomic mass is 32.1. The van der Waals surface area contributed by atoms with Gasteiger partial charge in [-0.25, -0.2) is 0 Å². The third-order valence-electron chi connectivity index (χ3n) is 5.62. The summed E-state index contributed by atoms with van der Waals surface area (Å²) in [4.78, 5) is 8.36. The average molecular weight is 310 g/mol. The molecule has 0 saturated carbocycles. The van der Waals surface area contributed by atoms with E-state index >= 15 is 0 Å². The number of nitrogens with zero attached hydrogens (tertiary/aromatic N) is 2. The van der Waals surface area contributed by atoms with Crippen LogP contribution in [0.15, 0.2) is 29.6 Å². The van der Waals surface area contributed by atoms with E-state index in [2.05, 4.69) is 60.3 Å². The van der Waals surface area contributed by atoms with Crippen molar-refractivity contribution in [3.05, 3.63) is 50.5 Å². The van der Waals surface area contributed by atoms with Crippen LogP contribution in [0, 0.1) is 5.92 Å². The minimum atomic E-state index is 0.459. The Balaban J connectivity index is 1.64. The maximum Gasteiger partial charge on any atom is 0.129 e. The van der Waals surface area contributed by atoms with Crippen molar-refractivity contribution in [1.82, 2.24) is 9.80 Å². The van der Waals surface area contributed by atoms with Gasteiger partial charge in [-0.2, -0.15) is 0 Å². The molecule has 2 nitrogen and oxygen atoms in total. The monoisotopic (exact) mass is 310 g/mol. The summed E-state index contributed by atoms with van der Waals surface area (Å²) in [6.07, 6.45) is 11.2. The Labute approximate surface area is 136 Å². The molecule has 1 aromatic rings. The number of hydrogen-bond acceptors (Lipinski definition) is 3. The summed E-state index contributed by atoms with van der Waals surface area (Å²) in [7, 11) is 2.28. The molecule has 2 unspecified atom stereocenters. The molecule has 0 radical (unpaired) electrons. The molecule has 5 rings (SSSR count). The number of hydrogen-bond donors (Lipinski definition) is 0. The first kappa shape index (κ1) is 13.0. The zero-order valence-electron chi connectivity index (χ0n) is 13.5. The van der Waals surface area contributed by atoms with Crippen molar-refractivity contribution in [1.29, 1.82) is 0 Å². The molecule has 2 atom stereocenters. The summed E-state index contributed by atoms with van der Waals surface area (Å²) in [6.45, 7) is 5.77. The Morgan fingerprint density at radius 3 is 3.05 bits per heavy atom. The van der Waals surface area contributed by atoms with Crippen molar-refractivity contribution in [3.63, 3.8) is 0 Å². The van der Waals surface area contributed by atoms with Crippen molar-refractivity contribution in [2.24, 2.45) is 5.92 Å². The molecular weight excluding hydrogens is 288 g/mol. The maximum absolute atomic E-state index is 2.67. The largest absolute Gasteiger partial charge is 0.349 e. The van der Waals surface area contributed by atoms with Crippen LogP contribution in [-0.4, -0.2) is 16.8 Å². The second-order valence-electron chi connectivity index (χ2n) is 7.16. The quantitative estimate of drug-likeness (QED) is 0.687. The molecule has 3 heteroatoms. The van der Waals surface area contributed by atoms with E-state index in [9.17, 15) is 0 Å². The van der Waals surface area contributed by atoms with Gasteiger partial charge in [-0.3, -0.25) is 0 Å². The van der Waals surface area contributed by atoms with E-state index < -0.39 is 0 Å². The van der Waals surface area contributed by atoms with Crippen molar-refractivity contribution in [2.45, 2.75) is 45.8 Å². The van der Waals surface area contributed by atoms with Crippen LogP contribution in [0.25, 0.3) is 5.57 Å². The Kier molecular flexibility index (Phi) is 2.53. The molecule has 0 saturated heterocycles. The molecule has 0 aromatic carbocycles. The number of allylic oxidation sites excluding steroid dienone is 5. The van der Waals surface area contributed by atoms with Gasteiger partial charge >= 0.3 is 0 Å². The molecule has 4 aliphatic rings. The molecular formula is C19H22N2S. The van der Waals surface area contributed by atoms with Crippen LogP contribution in [-0.2, 0) is 13.0 Å². The lowest BCUT2D eigenvalue weighted by Gasteiger charge is -2.29. The molecule has 22 heavy (non-hydrogen) atoms. The molecule has 3 heterocycles. The summed E-state index contributed by atoms with van der Waals surface area (Å²) in [5.41, 5.74) is 7.82. The van der Waals surface area contributed by atoms with Gasteiger partial charge in [-0.1, -0.05) is 19.1 Å². The molecule has 0 fully saturated rings. The third-order valence-corrected chi connectivity index (χ3v) is 6.99. The minimum absolute atomic E-state index is 0.459. The lowest BCUT2D eigenvalue weighted by molar-refractivity contribution is 0.180. The van der Waals surface area contributed by atoms with Crippen LogP contribution in [0.4, 0.5) is 0 Å². The van der Waals surface area contributed by atoms with Gasteiger partial charge in [0.15, 0.2) is 0 Å². The second kappa shape index (κ2) is 4.29. The van der Waals surface area contributed by atoms with Crippen molar-refractivity contribution < 1.29 is 0 Å². The molecule has 2 aliphatic carbocycles. The third kappa shape index (κ3) is 1.50. The smallest absolute Gasteiger partial charge is 0.129 e. The normalized spacial score (nSPS) is 28.6. The number of thiophene rings is 1. The zero-order valence-corrected chi connectivity index (χ0v) is 14.3. The van der Waals surface area contributed by atoms with Crippen molar-refractivity contribution in [2.75, 3.05) is 7.05 Å². The van der Waals surface area contributed by atoms with E-state index in [0.717, 1.165) is 6.54 Å². The molecule has 2 aliphatic heterocycles. The van der Waals surface area contributed by atoms with Crippen molar-refractivity contribution >= 4 is 16.9 Å². The number of fused-ring (bicyclic) bond motifs is 6. The molecule has 114 valence electrons. The Morgan fingerprint density at radius 2 is 2.18 bits per heavy atom. The van der Waals surface area contributed by atoms with Gasteiger partial charge < -0.3 is 9.80 Å². The van der Waals surface area contributed by atoms with E-state index in [4.69, 9.17) is 0 Å². The second-order valence-corrected chi connectivity index (χ2v) is 8.27. The average Bonchev–Trinajstić information content (AvgIpc) is 3.10. The fraction of sp³-hybridized carbons (Fsp3) is 0.474. The predicted octanol–water partition coefficient (Wildman–Crippen LogP) is 4.66. The highest BCUT2D eigenvalue weighted by Crippen LogP contribution is 2.54. The highest BCUT2D eigenvalue weighted by Gasteiger charge is 2.45. The zero-order chi connectivity index (χ0) is 15.0. The highest BCUT2D eigenvalue weighted by molar-refractivity contribution is 7.13. The summed E-state index contributed by atoms with van der Waals surface area (Å²) < 4.78 is 0. The van der Waals surface area contributed by atoms with Crippen LogP contribution in [0.3, 0.4) is 0 Å². The van der Waals surface area contributed by atoms with Crippen molar-refractivity contribution in [3.8, 4) is 0 Å². The Hall–Kier alpha value is -1.48. The lowest BCUT2D eigenvalue weighted by atomic mass is 9.88. The summed E-state index contributed by atoms with van der Waals surface area (Å²) in [5, 5.41) is 0. The molecule has 0 N–H and O–H groups in total. The first-order chi connectivity index (χ1) is 10.6. The fourth-order valence-electron chi connectivity index (χ4n) is 4.78. The van der Waals surface area contributed by atoms with Crippen LogP contribution in [0.2, 0.25) is 0 Å². The summed E-state index contributed by atoms with van der Waals surface area (Å²) in [5.74, 6) is 0.675. The first-order valence-electron chi connectivity index (χ1n) is 8.37. The van der Waals surface area contributed by atoms with Gasteiger partial charge in [0.05, 0.1) is 12.2 Å². The van der Waals surface area contributed by atoms with Gasteiger partial charge in [0.25, 0.3) is 0 Å². The standard InChI is InChI=1S/C19H22N2S/c1-11-8-12(2)18-13(9-11)17-16(22-18)10-21-15-7-5-4-6-14(15)20(3)19(17)21/h4,6,8,11,19H,5,7,9-10H2,1-3H3. The molecule has 0 spiro atoms. The van der Waals surface area contributed by atoms with Gasteiger partial charge in [0.2, 0.25) is 0 Å². The van der Waals surface area contributed by atoms with Crippen LogP contribution >= 0.6 is 11.3 Å². The van der Waals surface area contributed by atoms with Gasteiger partial charge in [-0.15, -0.1) is 11.3 Å². The Bertz CT molecular complexity index is 765.